The maximum Gasteiger partial charge on any atom is 0.237 e. The predicted molar refractivity (Wildman–Crippen MR) is 114 cm³/mol. The number of para-hydroxylation sites is 1. The number of aromatic nitrogens is 2. The molecule has 3 aromatic rings. The van der Waals surface area contributed by atoms with E-state index < -0.39 is 0 Å². The molecule has 1 aliphatic heterocycles. The molecular formula is C19H15Cl2N3O2S2. The van der Waals surface area contributed by atoms with Crippen molar-refractivity contribution in [3.8, 4) is 5.75 Å². The Morgan fingerprint density at radius 1 is 1.21 bits per heavy atom. The Bertz CT molecular complexity index is 1010. The average Bonchev–Trinajstić information content (AvgIpc) is 3.06. The van der Waals surface area contributed by atoms with E-state index in [-0.39, 0.29) is 17.8 Å². The number of carbonyl (C=O) groups is 1. The number of thioether (sulfide) groups is 1. The molecule has 1 amide bonds. The average molecular weight is 452 g/mol. The highest BCUT2D eigenvalue weighted by atomic mass is 35.5. The lowest BCUT2D eigenvalue weighted by Crippen LogP contribution is -2.23. The number of ether oxygens (including phenoxy) is 1. The summed E-state index contributed by atoms with van der Waals surface area (Å²) in [5.41, 5.74) is 2.05. The SMILES string of the molecule is O=C1Nc2ccccc2CCC1Sc1nnc(COc2ccc(Cl)cc2Cl)s1. The van der Waals surface area contributed by atoms with Crippen LogP contribution in [0.3, 0.4) is 0 Å². The van der Waals surface area contributed by atoms with E-state index in [0.29, 0.717) is 20.8 Å². The molecule has 0 radical (unpaired) electrons. The zero-order valence-corrected chi connectivity index (χ0v) is 17.7. The van der Waals surface area contributed by atoms with Gasteiger partial charge in [0.1, 0.15) is 12.4 Å². The van der Waals surface area contributed by atoms with E-state index in [1.807, 2.05) is 24.3 Å². The number of halogens is 2. The van der Waals surface area contributed by atoms with Gasteiger partial charge >= 0.3 is 0 Å². The molecule has 1 atom stereocenters. The Morgan fingerprint density at radius 2 is 2.07 bits per heavy atom. The van der Waals surface area contributed by atoms with E-state index in [9.17, 15) is 4.79 Å². The van der Waals surface area contributed by atoms with Crippen LogP contribution in [0.15, 0.2) is 46.8 Å². The van der Waals surface area contributed by atoms with E-state index in [1.54, 1.807) is 18.2 Å². The Balaban J connectivity index is 1.37. The summed E-state index contributed by atoms with van der Waals surface area (Å²) in [7, 11) is 0. The molecule has 0 fully saturated rings. The van der Waals surface area contributed by atoms with Gasteiger partial charge in [-0.2, -0.15) is 0 Å². The van der Waals surface area contributed by atoms with Crippen LogP contribution in [0.2, 0.25) is 10.0 Å². The number of hydrogen-bond acceptors (Lipinski definition) is 6. The van der Waals surface area contributed by atoms with Crippen molar-refractivity contribution in [2.75, 3.05) is 5.32 Å². The summed E-state index contributed by atoms with van der Waals surface area (Å²) in [4.78, 5) is 12.5. The third-order valence-corrected chi connectivity index (χ3v) is 6.96. The Hall–Kier alpha value is -1.80. The number of carbonyl (C=O) groups excluding carboxylic acids is 1. The van der Waals surface area contributed by atoms with Crippen molar-refractivity contribution >= 4 is 57.9 Å². The smallest absolute Gasteiger partial charge is 0.237 e. The molecule has 4 rings (SSSR count). The van der Waals surface area contributed by atoms with Gasteiger partial charge in [0, 0.05) is 10.7 Å². The van der Waals surface area contributed by atoms with Crippen LogP contribution in [-0.2, 0) is 17.8 Å². The molecule has 1 aliphatic rings. The molecule has 1 N–H and O–H groups in total. The van der Waals surface area contributed by atoms with Gasteiger partial charge < -0.3 is 10.1 Å². The monoisotopic (exact) mass is 451 g/mol. The van der Waals surface area contributed by atoms with E-state index in [0.717, 1.165) is 28.4 Å². The third kappa shape index (κ3) is 4.60. The fourth-order valence-corrected chi connectivity index (χ4v) is 5.31. The number of nitrogens with zero attached hydrogens (tertiary/aromatic N) is 2. The van der Waals surface area contributed by atoms with Crippen LogP contribution in [0.4, 0.5) is 5.69 Å². The van der Waals surface area contributed by atoms with Crippen molar-refractivity contribution < 1.29 is 9.53 Å². The van der Waals surface area contributed by atoms with Crippen molar-refractivity contribution in [1.29, 1.82) is 0 Å². The van der Waals surface area contributed by atoms with E-state index in [2.05, 4.69) is 15.5 Å². The van der Waals surface area contributed by atoms with Crippen molar-refractivity contribution in [3.63, 3.8) is 0 Å². The van der Waals surface area contributed by atoms with Gasteiger partial charge in [-0.05, 0) is 42.7 Å². The maximum absolute atomic E-state index is 12.5. The number of nitrogens with one attached hydrogen (secondary N) is 1. The first-order valence-electron chi connectivity index (χ1n) is 8.54. The van der Waals surface area contributed by atoms with E-state index in [1.165, 1.54) is 23.1 Å². The van der Waals surface area contributed by atoms with Crippen molar-refractivity contribution in [2.24, 2.45) is 0 Å². The van der Waals surface area contributed by atoms with Gasteiger partial charge in [0.05, 0.1) is 10.3 Å². The minimum atomic E-state index is -0.208. The molecule has 2 aromatic carbocycles. The molecule has 0 saturated heterocycles. The third-order valence-electron chi connectivity index (χ3n) is 4.18. The first-order valence-corrected chi connectivity index (χ1v) is 11.0. The summed E-state index contributed by atoms with van der Waals surface area (Å²) >= 11 is 14.8. The van der Waals surface area contributed by atoms with Crippen LogP contribution in [0.5, 0.6) is 5.75 Å². The summed E-state index contributed by atoms with van der Waals surface area (Å²) < 4.78 is 6.44. The van der Waals surface area contributed by atoms with Crippen LogP contribution in [-0.4, -0.2) is 21.4 Å². The van der Waals surface area contributed by atoms with Crippen molar-refractivity contribution in [2.45, 2.75) is 29.0 Å². The molecule has 144 valence electrons. The molecule has 2 heterocycles. The van der Waals surface area contributed by atoms with E-state index >= 15 is 0 Å². The molecule has 1 aromatic heterocycles. The Kier molecular flexibility index (Phi) is 6.06. The fourth-order valence-electron chi connectivity index (χ4n) is 2.80. The minimum Gasteiger partial charge on any atom is -0.485 e. The number of amides is 1. The highest BCUT2D eigenvalue weighted by molar-refractivity contribution is 8.02. The van der Waals surface area contributed by atoms with Crippen LogP contribution < -0.4 is 10.1 Å². The van der Waals surface area contributed by atoms with Crippen LogP contribution in [0.25, 0.3) is 0 Å². The number of fused-ring (bicyclic) bond motifs is 1. The highest BCUT2D eigenvalue weighted by Crippen LogP contribution is 2.34. The lowest BCUT2D eigenvalue weighted by molar-refractivity contribution is -0.115. The van der Waals surface area contributed by atoms with Crippen molar-refractivity contribution in [3.05, 3.63) is 63.1 Å². The molecule has 28 heavy (non-hydrogen) atoms. The number of benzene rings is 2. The lowest BCUT2D eigenvalue weighted by Gasteiger charge is -2.10. The van der Waals surface area contributed by atoms with Crippen LogP contribution in [0.1, 0.15) is 17.0 Å². The summed E-state index contributed by atoms with van der Waals surface area (Å²) in [6.45, 7) is 0.252. The molecule has 0 spiro atoms. The molecule has 1 unspecified atom stereocenters. The van der Waals surface area contributed by atoms with Gasteiger partial charge in [0.15, 0.2) is 9.35 Å². The molecule has 0 bridgehead atoms. The number of rotatable bonds is 5. The summed E-state index contributed by atoms with van der Waals surface area (Å²) in [5.74, 6) is 0.535. The second-order valence-electron chi connectivity index (χ2n) is 6.12. The van der Waals surface area contributed by atoms with Gasteiger partial charge in [-0.15, -0.1) is 10.2 Å². The van der Waals surface area contributed by atoms with E-state index in [4.69, 9.17) is 27.9 Å². The zero-order valence-electron chi connectivity index (χ0n) is 14.5. The highest BCUT2D eigenvalue weighted by Gasteiger charge is 2.25. The summed E-state index contributed by atoms with van der Waals surface area (Å²) in [6, 6.07) is 13.0. The Labute approximate surface area is 180 Å². The molecule has 9 heteroatoms. The van der Waals surface area contributed by atoms with Crippen LogP contribution >= 0.6 is 46.3 Å². The van der Waals surface area contributed by atoms with Gasteiger partial charge in [0.2, 0.25) is 5.91 Å². The molecule has 0 aliphatic carbocycles. The lowest BCUT2D eigenvalue weighted by atomic mass is 10.1. The minimum absolute atomic E-state index is 0.00380. The number of anilines is 1. The molecule has 5 nitrogen and oxygen atoms in total. The summed E-state index contributed by atoms with van der Waals surface area (Å²) in [6.07, 6.45) is 1.59. The Morgan fingerprint density at radius 3 is 2.93 bits per heavy atom. The van der Waals surface area contributed by atoms with Crippen LogP contribution in [0, 0.1) is 0 Å². The van der Waals surface area contributed by atoms with Gasteiger partial charge in [-0.3, -0.25) is 4.79 Å². The molecule has 0 saturated carbocycles. The topological polar surface area (TPSA) is 64.1 Å². The molecular weight excluding hydrogens is 437 g/mol. The zero-order chi connectivity index (χ0) is 19.5. The fraction of sp³-hybridized carbons (Fsp3) is 0.211. The second-order valence-corrected chi connectivity index (χ2v) is 9.47. The predicted octanol–water partition coefficient (Wildman–Crippen LogP) is 5.47. The second kappa shape index (κ2) is 8.69. The number of hydrogen-bond donors (Lipinski definition) is 1. The van der Waals surface area contributed by atoms with Gasteiger partial charge in [0.25, 0.3) is 0 Å². The normalized spacial score (nSPS) is 16.2. The van der Waals surface area contributed by atoms with Gasteiger partial charge in [-0.1, -0.05) is 64.5 Å². The summed E-state index contributed by atoms with van der Waals surface area (Å²) in [5, 5.41) is 12.9. The van der Waals surface area contributed by atoms with Crippen molar-refractivity contribution in [1.82, 2.24) is 10.2 Å². The maximum atomic E-state index is 12.5. The first kappa shape index (κ1) is 19.5. The standard InChI is InChI=1S/C19H15Cl2N3O2S2/c20-12-6-7-15(13(21)9-12)26-10-17-23-24-19(28-17)27-16-8-5-11-3-1-2-4-14(11)22-18(16)25/h1-4,6-7,9,16H,5,8,10H2,(H,22,25). The quantitative estimate of drug-likeness (QED) is 0.556. The van der Waals surface area contributed by atoms with Gasteiger partial charge in [-0.25, -0.2) is 0 Å². The number of aryl methyl sites for hydroxylation is 1. The largest absolute Gasteiger partial charge is 0.485 e. The first-order chi connectivity index (χ1) is 13.6.